The summed E-state index contributed by atoms with van der Waals surface area (Å²) in [4.78, 5) is 4.88. The predicted molar refractivity (Wildman–Crippen MR) is 88.5 cm³/mol. The average molecular weight is 443 g/mol. The highest BCUT2D eigenvalue weighted by Crippen LogP contribution is 2.56. The van der Waals surface area contributed by atoms with Crippen LogP contribution in [0.5, 0.6) is 0 Å². The van der Waals surface area contributed by atoms with Crippen molar-refractivity contribution in [1.29, 1.82) is 0 Å². The van der Waals surface area contributed by atoms with Crippen molar-refractivity contribution < 1.29 is 44.4 Å². The number of rotatable bonds is 5. The van der Waals surface area contributed by atoms with Crippen LogP contribution in [0, 0.1) is 0 Å². The van der Waals surface area contributed by atoms with E-state index in [9.17, 15) is 39.5 Å². The molecule has 0 aliphatic carbocycles. The molecular weight excluding hydrogens is 429 g/mol. The lowest BCUT2D eigenvalue weighted by Crippen LogP contribution is -2.64. The number of halogens is 9. The fourth-order valence-electron chi connectivity index (χ4n) is 3.12. The lowest BCUT2D eigenvalue weighted by molar-refractivity contribution is -0.406. The molecule has 2 aromatic rings. The van der Waals surface area contributed by atoms with Crippen molar-refractivity contribution in [3.8, 4) is 0 Å². The molecular formula is C19H14F9NO. The van der Waals surface area contributed by atoms with E-state index in [2.05, 4.69) is 0 Å². The van der Waals surface area contributed by atoms with E-state index < -0.39 is 42.5 Å². The number of hydrogen-bond donors (Lipinski definition) is 0. The summed E-state index contributed by atoms with van der Waals surface area (Å²) < 4.78 is 120. The second-order valence-electron chi connectivity index (χ2n) is 6.69. The number of alkyl halides is 9. The molecule has 0 aromatic heterocycles. The Morgan fingerprint density at radius 3 is 1.70 bits per heavy atom. The minimum absolute atomic E-state index is 0.135. The Bertz CT molecular complexity index is 808. The van der Waals surface area contributed by atoms with Gasteiger partial charge in [0.15, 0.2) is 6.10 Å². The summed E-state index contributed by atoms with van der Waals surface area (Å²) in [5.74, 6) is -19.5. The van der Waals surface area contributed by atoms with Gasteiger partial charge < -0.3 is 0 Å². The summed E-state index contributed by atoms with van der Waals surface area (Å²) in [5, 5.41) is 0.815. The Morgan fingerprint density at radius 1 is 0.700 bits per heavy atom. The van der Waals surface area contributed by atoms with Crippen LogP contribution in [0.3, 0.4) is 0 Å². The van der Waals surface area contributed by atoms with E-state index in [-0.39, 0.29) is 5.69 Å². The first kappa shape index (κ1) is 22.3. The van der Waals surface area contributed by atoms with Crippen molar-refractivity contribution in [2.24, 2.45) is 0 Å². The molecule has 0 saturated carbocycles. The summed E-state index contributed by atoms with van der Waals surface area (Å²) in [6.07, 6.45) is -10.8. The maximum Gasteiger partial charge on any atom is 0.460 e. The molecule has 0 N–H and O–H groups in total. The van der Waals surface area contributed by atoms with E-state index >= 15 is 0 Å². The standard InChI is InChI=1S/C19H14F9NO/c20-16(21,17(22,23)18(24,25)19(26,27)28)15-11-14(12-7-3-1-4-8-12)29(30-15)13-9-5-2-6-10-13/h1-10,14-15H,11H2. The first-order valence-corrected chi connectivity index (χ1v) is 8.57. The van der Waals surface area contributed by atoms with Crippen molar-refractivity contribution in [3.63, 3.8) is 0 Å². The van der Waals surface area contributed by atoms with Gasteiger partial charge in [-0.15, -0.1) is 0 Å². The Balaban J connectivity index is 2.00. The molecule has 1 aliphatic heterocycles. The van der Waals surface area contributed by atoms with Gasteiger partial charge in [-0.2, -0.15) is 39.5 Å². The zero-order valence-corrected chi connectivity index (χ0v) is 14.9. The minimum atomic E-state index is -6.96. The third-order valence-corrected chi connectivity index (χ3v) is 4.73. The molecule has 2 nitrogen and oxygen atoms in total. The van der Waals surface area contributed by atoms with E-state index in [4.69, 9.17) is 4.84 Å². The van der Waals surface area contributed by atoms with Gasteiger partial charge in [0.1, 0.15) is 0 Å². The van der Waals surface area contributed by atoms with Crippen LogP contribution in [0.4, 0.5) is 45.2 Å². The molecule has 0 spiro atoms. The number of para-hydroxylation sites is 1. The molecule has 3 rings (SSSR count). The van der Waals surface area contributed by atoms with Crippen LogP contribution < -0.4 is 5.06 Å². The van der Waals surface area contributed by atoms with Gasteiger partial charge in [-0.25, -0.2) is 5.06 Å². The average Bonchev–Trinajstić information content (AvgIpc) is 3.14. The highest BCUT2D eigenvalue weighted by atomic mass is 19.4. The largest absolute Gasteiger partial charge is 0.460 e. The normalized spacial score (nSPS) is 21.2. The first-order valence-electron chi connectivity index (χ1n) is 8.57. The molecule has 30 heavy (non-hydrogen) atoms. The highest BCUT2D eigenvalue weighted by molar-refractivity contribution is 5.47. The minimum Gasteiger partial charge on any atom is -0.263 e. The van der Waals surface area contributed by atoms with Crippen LogP contribution in [0.2, 0.25) is 0 Å². The Labute approximate surface area is 164 Å². The third-order valence-electron chi connectivity index (χ3n) is 4.73. The molecule has 11 heteroatoms. The Hall–Kier alpha value is -2.43. The molecule has 2 atom stereocenters. The Morgan fingerprint density at radius 2 is 1.20 bits per heavy atom. The molecule has 1 fully saturated rings. The molecule has 1 heterocycles. The topological polar surface area (TPSA) is 12.5 Å². The number of nitrogens with zero attached hydrogens (tertiary/aromatic N) is 1. The molecule has 0 amide bonds. The fourth-order valence-corrected chi connectivity index (χ4v) is 3.12. The summed E-state index contributed by atoms with van der Waals surface area (Å²) in [5.41, 5.74) is 0.459. The quantitative estimate of drug-likeness (QED) is 0.496. The first-order chi connectivity index (χ1) is 13.8. The molecule has 1 aliphatic rings. The molecule has 1 saturated heterocycles. The number of hydrogen-bond acceptors (Lipinski definition) is 2. The lowest BCUT2D eigenvalue weighted by atomic mass is 9.93. The second kappa shape index (κ2) is 7.36. The number of benzene rings is 2. The van der Waals surface area contributed by atoms with E-state index in [1.807, 2.05) is 0 Å². The van der Waals surface area contributed by atoms with Gasteiger partial charge >= 0.3 is 23.9 Å². The smallest absolute Gasteiger partial charge is 0.263 e. The summed E-state index contributed by atoms with van der Waals surface area (Å²) in [6.45, 7) is 0. The second-order valence-corrected chi connectivity index (χ2v) is 6.69. The van der Waals surface area contributed by atoms with Gasteiger partial charge in [0.25, 0.3) is 0 Å². The summed E-state index contributed by atoms with van der Waals surface area (Å²) >= 11 is 0. The monoisotopic (exact) mass is 443 g/mol. The highest BCUT2D eigenvalue weighted by Gasteiger charge is 2.83. The van der Waals surface area contributed by atoms with Crippen LogP contribution in [0.1, 0.15) is 18.0 Å². The van der Waals surface area contributed by atoms with Gasteiger partial charge in [0.05, 0.1) is 11.7 Å². The number of anilines is 1. The third kappa shape index (κ3) is 3.48. The molecule has 2 unspecified atom stereocenters. The SMILES string of the molecule is FC(F)(F)C(F)(F)C(F)(F)C(F)(F)C1CC(c2ccccc2)N(c2ccccc2)O1. The van der Waals surface area contributed by atoms with E-state index in [1.165, 1.54) is 48.5 Å². The van der Waals surface area contributed by atoms with Gasteiger partial charge in [0.2, 0.25) is 0 Å². The van der Waals surface area contributed by atoms with Gasteiger partial charge in [0, 0.05) is 6.42 Å². The lowest BCUT2D eigenvalue weighted by Gasteiger charge is -2.35. The molecule has 164 valence electrons. The van der Waals surface area contributed by atoms with Crippen molar-refractivity contribution in [2.75, 3.05) is 5.06 Å². The van der Waals surface area contributed by atoms with Crippen LogP contribution in [0.25, 0.3) is 0 Å². The van der Waals surface area contributed by atoms with Crippen molar-refractivity contribution >= 4 is 5.69 Å². The number of hydroxylamine groups is 1. The molecule has 2 aromatic carbocycles. The van der Waals surface area contributed by atoms with E-state index in [1.54, 1.807) is 12.1 Å². The van der Waals surface area contributed by atoms with Gasteiger partial charge in [-0.05, 0) is 17.7 Å². The predicted octanol–water partition coefficient (Wildman–Crippen LogP) is 6.41. The Kier molecular flexibility index (Phi) is 5.46. The summed E-state index contributed by atoms with van der Waals surface area (Å²) in [7, 11) is 0. The maximum atomic E-state index is 14.4. The zero-order chi connectivity index (χ0) is 22.4. The van der Waals surface area contributed by atoms with E-state index in [0.717, 1.165) is 5.06 Å². The molecule has 0 radical (unpaired) electrons. The van der Waals surface area contributed by atoms with Crippen molar-refractivity contribution in [3.05, 3.63) is 66.2 Å². The van der Waals surface area contributed by atoms with Crippen LogP contribution in [-0.2, 0) is 4.84 Å². The van der Waals surface area contributed by atoms with Gasteiger partial charge in [-0.1, -0.05) is 48.5 Å². The van der Waals surface area contributed by atoms with Crippen LogP contribution >= 0.6 is 0 Å². The van der Waals surface area contributed by atoms with Gasteiger partial charge in [-0.3, -0.25) is 4.84 Å². The van der Waals surface area contributed by atoms with E-state index in [0.29, 0.717) is 5.56 Å². The van der Waals surface area contributed by atoms with Crippen molar-refractivity contribution in [1.82, 2.24) is 0 Å². The van der Waals surface area contributed by atoms with Crippen LogP contribution in [0.15, 0.2) is 60.7 Å². The summed E-state index contributed by atoms with van der Waals surface area (Å²) in [6, 6.07) is 13.8. The van der Waals surface area contributed by atoms with Crippen molar-refractivity contribution in [2.45, 2.75) is 42.5 Å². The molecule has 0 bridgehead atoms. The zero-order valence-electron chi connectivity index (χ0n) is 14.9. The van der Waals surface area contributed by atoms with Crippen LogP contribution in [-0.4, -0.2) is 30.0 Å². The fraction of sp³-hybridized carbons (Fsp3) is 0.368. The maximum absolute atomic E-state index is 14.4.